The predicted octanol–water partition coefficient (Wildman–Crippen LogP) is 1.87. The number of benzene rings is 3. The van der Waals surface area contributed by atoms with Gasteiger partial charge < -0.3 is 20.7 Å². The Morgan fingerprint density at radius 1 is 0.704 bits per heavy atom. The summed E-state index contributed by atoms with van der Waals surface area (Å²) >= 11 is 0. The van der Waals surface area contributed by atoms with Crippen LogP contribution in [0.5, 0.6) is 0 Å². The molecule has 134 valence electrons. The van der Waals surface area contributed by atoms with E-state index >= 15 is 0 Å². The smallest absolute Gasteiger partial charge is 0.423 e. The second-order valence-electron chi connectivity index (χ2n) is 5.82. The van der Waals surface area contributed by atoms with Crippen LogP contribution in [0.1, 0.15) is 20.7 Å². The first-order valence-corrected chi connectivity index (χ1v) is 8.27. The quantitative estimate of drug-likeness (QED) is 0.522. The van der Waals surface area contributed by atoms with Crippen LogP contribution in [0, 0.1) is 0 Å². The Morgan fingerprint density at radius 3 is 1.74 bits per heavy atom. The van der Waals surface area contributed by atoms with Crippen LogP contribution in [-0.2, 0) is 0 Å². The summed E-state index contributed by atoms with van der Waals surface area (Å²) in [5, 5.41) is 24.7. The summed E-state index contributed by atoms with van der Waals surface area (Å²) in [7, 11) is -1.82. The minimum atomic E-state index is -1.82. The number of anilines is 2. The van der Waals surface area contributed by atoms with E-state index < -0.39 is 7.12 Å². The summed E-state index contributed by atoms with van der Waals surface area (Å²) in [5.74, 6) is -0.700. The van der Waals surface area contributed by atoms with Gasteiger partial charge >= 0.3 is 7.12 Å². The van der Waals surface area contributed by atoms with Crippen molar-refractivity contribution in [2.24, 2.45) is 0 Å². The van der Waals surface area contributed by atoms with Crippen molar-refractivity contribution in [1.82, 2.24) is 0 Å². The lowest BCUT2D eigenvalue weighted by Crippen LogP contribution is -2.34. The maximum atomic E-state index is 12.3. The average Bonchev–Trinajstić information content (AvgIpc) is 2.70. The van der Waals surface area contributed by atoms with Crippen LogP contribution in [0.3, 0.4) is 0 Å². The fraction of sp³-hybridized carbons (Fsp3) is 0. The highest BCUT2D eigenvalue weighted by Gasteiger charge is 2.19. The number of carbonyl (C=O) groups is 2. The van der Waals surface area contributed by atoms with Crippen molar-refractivity contribution in [2.45, 2.75) is 0 Å². The molecule has 0 saturated heterocycles. The lowest BCUT2D eigenvalue weighted by atomic mass is 9.78. The number of amides is 2. The zero-order valence-electron chi connectivity index (χ0n) is 14.3. The molecule has 0 radical (unpaired) electrons. The number of hydrogen-bond donors (Lipinski definition) is 4. The Morgan fingerprint density at radius 2 is 1.22 bits per heavy atom. The Hall–Kier alpha value is -3.42. The SMILES string of the molecule is O=C(Nc1ccc(NC(=O)c2ccccc2)c(B(O)O)c1)c1ccccc1. The average molecular weight is 360 g/mol. The van der Waals surface area contributed by atoms with E-state index in [0.717, 1.165) is 0 Å². The first-order valence-electron chi connectivity index (χ1n) is 8.27. The number of carbonyl (C=O) groups excluding carboxylic acids is 2. The van der Waals surface area contributed by atoms with Crippen LogP contribution in [0.4, 0.5) is 11.4 Å². The largest absolute Gasteiger partial charge is 0.490 e. The molecule has 2 amide bonds. The molecule has 0 unspecified atom stereocenters. The Balaban J connectivity index is 1.80. The van der Waals surface area contributed by atoms with Gasteiger partial charge in [0.25, 0.3) is 11.8 Å². The molecule has 3 aromatic rings. The van der Waals surface area contributed by atoms with E-state index in [0.29, 0.717) is 16.8 Å². The van der Waals surface area contributed by atoms with Crippen molar-refractivity contribution >= 4 is 35.8 Å². The van der Waals surface area contributed by atoms with Crippen LogP contribution < -0.4 is 16.1 Å². The Labute approximate surface area is 156 Å². The number of hydrogen-bond acceptors (Lipinski definition) is 4. The molecule has 0 spiro atoms. The number of rotatable bonds is 5. The predicted molar refractivity (Wildman–Crippen MR) is 105 cm³/mol. The first-order chi connectivity index (χ1) is 13.0. The summed E-state index contributed by atoms with van der Waals surface area (Å²) < 4.78 is 0. The lowest BCUT2D eigenvalue weighted by Gasteiger charge is -2.13. The fourth-order valence-electron chi connectivity index (χ4n) is 2.54. The van der Waals surface area contributed by atoms with Crippen LogP contribution in [0.2, 0.25) is 0 Å². The van der Waals surface area contributed by atoms with Crippen LogP contribution in [-0.4, -0.2) is 29.0 Å². The maximum absolute atomic E-state index is 12.3. The van der Waals surface area contributed by atoms with Gasteiger partial charge in [0.05, 0.1) is 0 Å². The van der Waals surface area contributed by atoms with Gasteiger partial charge in [0.15, 0.2) is 0 Å². The Bertz CT molecular complexity index is 947. The second-order valence-corrected chi connectivity index (χ2v) is 5.82. The van der Waals surface area contributed by atoms with Crippen LogP contribution in [0.25, 0.3) is 0 Å². The molecule has 4 N–H and O–H groups in total. The maximum Gasteiger partial charge on any atom is 0.490 e. The van der Waals surface area contributed by atoms with E-state index in [1.807, 2.05) is 0 Å². The molecule has 0 bridgehead atoms. The van der Waals surface area contributed by atoms with Crippen molar-refractivity contribution in [1.29, 1.82) is 0 Å². The van der Waals surface area contributed by atoms with Gasteiger partial charge in [-0.3, -0.25) is 9.59 Å². The standard InChI is InChI=1S/C20H17BN2O4/c24-19(14-7-3-1-4-8-14)22-16-11-12-18(17(13-16)21(26)27)23-20(25)15-9-5-2-6-10-15/h1-13,26-27H,(H,22,24)(H,23,25). The van der Waals surface area contributed by atoms with E-state index in [1.54, 1.807) is 66.7 Å². The normalized spacial score (nSPS) is 10.1. The first kappa shape index (κ1) is 18.4. The van der Waals surface area contributed by atoms with E-state index in [1.165, 1.54) is 12.1 Å². The molecule has 0 aliphatic rings. The molecule has 0 saturated carbocycles. The summed E-state index contributed by atoms with van der Waals surface area (Å²) in [4.78, 5) is 24.5. The molecule has 0 aliphatic carbocycles. The highest BCUT2D eigenvalue weighted by molar-refractivity contribution is 6.61. The van der Waals surface area contributed by atoms with Crippen molar-refractivity contribution < 1.29 is 19.6 Å². The van der Waals surface area contributed by atoms with E-state index in [-0.39, 0.29) is 23.0 Å². The van der Waals surface area contributed by atoms with Gasteiger partial charge in [-0.25, -0.2) is 0 Å². The van der Waals surface area contributed by atoms with Gasteiger partial charge in [-0.1, -0.05) is 36.4 Å². The van der Waals surface area contributed by atoms with Gasteiger partial charge in [0.1, 0.15) is 0 Å². The van der Waals surface area contributed by atoms with Gasteiger partial charge in [0.2, 0.25) is 0 Å². The summed E-state index contributed by atoms with van der Waals surface area (Å²) in [6.45, 7) is 0. The molecule has 0 fully saturated rings. The molecular formula is C20H17BN2O4. The molecule has 3 aromatic carbocycles. The molecule has 7 heteroatoms. The summed E-state index contributed by atoms with van der Waals surface area (Å²) in [6, 6.07) is 21.7. The third kappa shape index (κ3) is 4.61. The zero-order chi connectivity index (χ0) is 19.2. The van der Waals surface area contributed by atoms with E-state index in [4.69, 9.17) is 0 Å². The van der Waals surface area contributed by atoms with Gasteiger partial charge in [-0.15, -0.1) is 0 Å². The van der Waals surface area contributed by atoms with Gasteiger partial charge in [0, 0.05) is 28.0 Å². The van der Waals surface area contributed by atoms with Crippen molar-refractivity contribution in [2.75, 3.05) is 10.6 Å². The second kappa shape index (κ2) is 8.31. The summed E-state index contributed by atoms with van der Waals surface area (Å²) in [5.41, 5.74) is 1.62. The molecular weight excluding hydrogens is 343 g/mol. The van der Waals surface area contributed by atoms with Crippen molar-refractivity contribution in [3.05, 3.63) is 90.0 Å². The highest BCUT2D eigenvalue weighted by Crippen LogP contribution is 2.15. The molecule has 0 heterocycles. The monoisotopic (exact) mass is 360 g/mol. The zero-order valence-corrected chi connectivity index (χ0v) is 14.3. The number of nitrogens with one attached hydrogen (secondary N) is 2. The van der Waals surface area contributed by atoms with Gasteiger partial charge in [-0.2, -0.15) is 0 Å². The third-order valence-corrected chi connectivity index (χ3v) is 3.91. The minimum absolute atomic E-state index is 0.0742. The molecule has 3 rings (SSSR count). The third-order valence-electron chi connectivity index (χ3n) is 3.91. The molecule has 0 atom stereocenters. The van der Waals surface area contributed by atoms with E-state index in [9.17, 15) is 19.6 Å². The van der Waals surface area contributed by atoms with Crippen LogP contribution >= 0.6 is 0 Å². The molecule has 0 aliphatic heterocycles. The van der Waals surface area contributed by atoms with Crippen molar-refractivity contribution in [3.63, 3.8) is 0 Å². The molecule has 27 heavy (non-hydrogen) atoms. The minimum Gasteiger partial charge on any atom is -0.423 e. The van der Waals surface area contributed by atoms with Crippen molar-refractivity contribution in [3.8, 4) is 0 Å². The topological polar surface area (TPSA) is 98.7 Å². The lowest BCUT2D eigenvalue weighted by molar-refractivity contribution is 0.101. The molecule has 0 aromatic heterocycles. The summed E-state index contributed by atoms with van der Waals surface area (Å²) in [6.07, 6.45) is 0. The van der Waals surface area contributed by atoms with Gasteiger partial charge in [-0.05, 0) is 42.5 Å². The molecule has 6 nitrogen and oxygen atoms in total. The Kier molecular flexibility index (Phi) is 5.66. The van der Waals surface area contributed by atoms with Crippen LogP contribution in [0.15, 0.2) is 78.9 Å². The van der Waals surface area contributed by atoms with E-state index in [2.05, 4.69) is 10.6 Å². The fourth-order valence-corrected chi connectivity index (χ4v) is 2.54. The highest BCUT2D eigenvalue weighted by atomic mass is 16.4.